The van der Waals surface area contributed by atoms with Gasteiger partial charge in [0.15, 0.2) is 0 Å². The standard InChI is InChI=1S/C48H30N2S/c1-4-14-31(15-5-1)32-24-26-43-39(28-32)40-29-33(25-27-44(40)49(43)34-16-6-2-7-17-34)38-30-41-36-20-10-12-22-42(36)50(35-18-8-3-9-19-35)47(41)46-37-21-11-13-23-45(37)51-48(38)46/h1-30H. The first-order valence-corrected chi connectivity index (χ1v) is 18.3. The summed E-state index contributed by atoms with van der Waals surface area (Å²) in [5.41, 5.74) is 12.2. The van der Waals surface area contributed by atoms with E-state index in [9.17, 15) is 0 Å². The van der Waals surface area contributed by atoms with Crippen molar-refractivity contribution in [3.63, 3.8) is 0 Å². The second kappa shape index (κ2) is 11.0. The predicted molar refractivity (Wildman–Crippen MR) is 219 cm³/mol. The summed E-state index contributed by atoms with van der Waals surface area (Å²) in [7, 11) is 0. The van der Waals surface area contributed by atoms with Gasteiger partial charge in [0.2, 0.25) is 0 Å². The molecule has 11 rings (SSSR count). The van der Waals surface area contributed by atoms with Crippen LogP contribution < -0.4 is 0 Å². The van der Waals surface area contributed by atoms with Crippen molar-refractivity contribution in [2.24, 2.45) is 0 Å². The quantitative estimate of drug-likeness (QED) is 0.177. The highest BCUT2D eigenvalue weighted by Crippen LogP contribution is 2.48. The van der Waals surface area contributed by atoms with Gasteiger partial charge in [-0.2, -0.15) is 0 Å². The highest BCUT2D eigenvalue weighted by molar-refractivity contribution is 7.26. The van der Waals surface area contributed by atoms with E-state index in [1.807, 2.05) is 11.3 Å². The molecule has 0 bridgehead atoms. The van der Waals surface area contributed by atoms with E-state index >= 15 is 0 Å². The zero-order valence-corrected chi connectivity index (χ0v) is 28.4. The lowest BCUT2D eigenvalue weighted by Gasteiger charge is -2.11. The number of para-hydroxylation sites is 3. The van der Waals surface area contributed by atoms with Crippen molar-refractivity contribution >= 4 is 75.1 Å². The molecule has 3 aromatic heterocycles. The fourth-order valence-electron chi connectivity index (χ4n) is 8.25. The minimum absolute atomic E-state index is 1.17. The van der Waals surface area contributed by atoms with Crippen molar-refractivity contribution in [2.45, 2.75) is 0 Å². The summed E-state index contributed by atoms with van der Waals surface area (Å²) in [5.74, 6) is 0. The van der Waals surface area contributed by atoms with Crippen LogP contribution in [0.15, 0.2) is 182 Å². The van der Waals surface area contributed by atoms with Gasteiger partial charge in [-0.25, -0.2) is 0 Å². The molecule has 0 aliphatic carbocycles. The molecule has 0 N–H and O–H groups in total. The highest BCUT2D eigenvalue weighted by atomic mass is 32.1. The number of hydrogen-bond acceptors (Lipinski definition) is 1. The molecular formula is C48H30N2S. The lowest BCUT2D eigenvalue weighted by atomic mass is 9.97. The number of benzene rings is 8. The van der Waals surface area contributed by atoms with E-state index in [4.69, 9.17) is 0 Å². The molecule has 0 atom stereocenters. The minimum atomic E-state index is 1.17. The molecule has 0 amide bonds. The number of rotatable bonds is 4. The van der Waals surface area contributed by atoms with Gasteiger partial charge in [0.1, 0.15) is 0 Å². The maximum absolute atomic E-state index is 2.47. The molecule has 0 aliphatic heterocycles. The van der Waals surface area contributed by atoms with Crippen molar-refractivity contribution in [3.05, 3.63) is 182 Å². The van der Waals surface area contributed by atoms with Crippen LogP contribution in [0.4, 0.5) is 0 Å². The molecule has 0 aliphatic rings. The van der Waals surface area contributed by atoms with Crippen LogP contribution in [0.2, 0.25) is 0 Å². The smallest absolute Gasteiger partial charge is 0.0634 e. The van der Waals surface area contributed by atoms with Crippen molar-refractivity contribution in [1.29, 1.82) is 0 Å². The van der Waals surface area contributed by atoms with Crippen LogP contribution >= 0.6 is 11.3 Å². The van der Waals surface area contributed by atoms with Crippen LogP contribution in [0, 0.1) is 0 Å². The van der Waals surface area contributed by atoms with E-state index in [-0.39, 0.29) is 0 Å². The fraction of sp³-hybridized carbons (Fsp3) is 0. The van der Waals surface area contributed by atoms with Gasteiger partial charge < -0.3 is 9.13 Å². The molecular weight excluding hydrogens is 637 g/mol. The zero-order valence-electron chi connectivity index (χ0n) is 27.6. The number of thiophene rings is 1. The molecule has 0 unspecified atom stereocenters. The topological polar surface area (TPSA) is 9.86 Å². The minimum Gasteiger partial charge on any atom is -0.309 e. The summed E-state index contributed by atoms with van der Waals surface area (Å²) in [6, 6.07) is 66.5. The largest absolute Gasteiger partial charge is 0.309 e. The summed E-state index contributed by atoms with van der Waals surface area (Å²) in [4.78, 5) is 0. The summed E-state index contributed by atoms with van der Waals surface area (Å²) >= 11 is 1.90. The first-order chi connectivity index (χ1) is 25.3. The summed E-state index contributed by atoms with van der Waals surface area (Å²) in [6.07, 6.45) is 0. The van der Waals surface area contributed by atoms with Crippen LogP contribution in [-0.4, -0.2) is 9.13 Å². The Hall–Kier alpha value is -6.42. The summed E-state index contributed by atoms with van der Waals surface area (Å²) < 4.78 is 7.51. The van der Waals surface area contributed by atoms with Crippen molar-refractivity contribution in [1.82, 2.24) is 9.13 Å². The van der Waals surface area contributed by atoms with Gasteiger partial charge >= 0.3 is 0 Å². The molecule has 0 spiro atoms. The third kappa shape index (κ3) is 4.22. The molecule has 11 aromatic rings. The molecule has 0 radical (unpaired) electrons. The molecule has 238 valence electrons. The SMILES string of the molecule is c1ccc(-c2ccc3c(c2)c2cc(-c4cc5c6ccccc6n(-c6ccccc6)c5c5c4sc4ccccc45)ccc2n3-c2ccccc2)cc1. The molecule has 0 saturated carbocycles. The van der Waals surface area contributed by atoms with Crippen molar-refractivity contribution < 1.29 is 0 Å². The van der Waals surface area contributed by atoms with Gasteiger partial charge in [0.05, 0.1) is 22.1 Å². The van der Waals surface area contributed by atoms with E-state index < -0.39 is 0 Å². The lowest BCUT2D eigenvalue weighted by molar-refractivity contribution is 1.18. The number of aromatic nitrogens is 2. The van der Waals surface area contributed by atoms with Gasteiger partial charge in [-0.05, 0) is 83.4 Å². The number of hydrogen-bond donors (Lipinski definition) is 0. The average Bonchev–Trinajstić information content (AvgIpc) is 3.86. The Bertz CT molecular complexity index is 3110. The summed E-state index contributed by atoms with van der Waals surface area (Å²) in [5, 5.41) is 7.68. The van der Waals surface area contributed by atoms with Gasteiger partial charge in [0, 0.05) is 58.7 Å². The first-order valence-electron chi connectivity index (χ1n) is 17.4. The Morgan fingerprint density at radius 2 is 0.902 bits per heavy atom. The Kier molecular flexibility index (Phi) is 6.16. The third-order valence-electron chi connectivity index (χ3n) is 10.5. The van der Waals surface area contributed by atoms with Gasteiger partial charge in [0.25, 0.3) is 0 Å². The first kappa shape index (κ1) is 28.4. The molecule has 3 heteroatoms. The average molecular weight is 667 g/mol. The predicted octanol–water partition coefficient (Wildman–Crippen LogP) is 13.6. The third-order valence-corrected chi connectivity index (χ3v) is 11.7. The van der Waals surface area contributed by atoms with E-state index in [0.29, 0.717) is 0 Å². The van der Waals surface area contributed by atoms with Crippen LogP contribution in [0.5, 0.6) is 0 Å². The molecule has 8 aromatic carbocycles. The van der Waals surface area contributed by atoms with Crippen LogP contribution in [-0.2, 0) is 0 Å². The van der Waals surface area contributed by atoms with E-state index in [1.165, 1.54) is 97.4 Å². The Labute approximate surface area is 298 Å². The molecule has 0 saturated heterocycles. The second-order valence-corrected chi connectivity index (χ2v) is 14.4. The highest BCUT2D eigenvalue weighted by Gasteiger charge is 2.22. The molecule has 3 heterocycles. The fourth-order valence-corrected chi connectivity index (χ4v) is 9.50. The van der Waals surface area contributed by atoms with Gasteiger partial charge in [-0.3, -0.25) is 0 Å². The van der Waals surface area contributed by atoms with E-state index in [2.05, 4.69) is 191 Å². The van der Waals surface area contributed by atoms with Crippen molar-refractivity contribution in [3.8, 4) is 33.6 Å². The maximum Gasteiger partial charge on any atom is 0.0634 e. The van der Waals surface area contributed by atoms with Crippen LogP contribution in [0.1, 0.15) is 0 Å². The van der Waals surface area contributed by atoms with E-state index in [0.717, 1.165) is 0 Å². The lowest BCUT2D eigenvalue weighted by Crippen LogP contribution is -1.94. The monoisotopic (exact) mass is 666 g/mol. The molecule has 0 fully saturated rings. The summed E-state index contributed by atoms with van der Waals surface area (Å²) in [6.45, 7) is 0. The Balaban J connectivity index is 1.26. The Morgan fingerprint density at radius 1 is 0.353 bits per heavy atom. The maximum atomic E-state index is 2.47. The number of fused-ring (bicyclic) bond motifs is 10. The van der Waals surface area contributed by atoms with Crippen molar-refractivity contribution in [2.75, 3.05) is 0 Å². The van der Waals surface area contributed by atoms with E-state index in [1.54, 1.807) is 0 Å². The second-order valence-electron chi connectivity index (χ2n) is 13.3. The number of nitrogens with zero attached hydrogens (tertiary/aromatic N) is 2. The van der Waals surface area contributed by atoms with Crippen LogP contribution in [0.3, 0.4) is 0 Å². The van der Waals surface area contributed by atoms with Crippen LogP contribution in [0.25, 0.3) is 97.4 Å². The Morgan fingerprint density at radius 3 is 1.63 bits per heavy atom. The normalized spacial score (nSPS) is 11.9. The van der Waals surface area contributed by atoms with Gasteiger partial charge in [-0.15, -0.1) is 11.3 Å². The molecule has 51 heavy (non-hydrogen) atoms. The van der Waals surface area contributed by atoms with Gasteiger partial charge in [-0.1, -0.05) is 115 Å². The molecule has 2 nitrogen and oxygen atoms in total. The zero-order chi connectivity index (χ0) is 33.5.